The molecule has 1 unspecified atom stereocenters. The van der Waals surface area contributed by atoms with E-state index in [0.717, 1.165) is 11.1 Å². The van der Waals surface area contributed by atoms with Crippen LogP contribution in [0.15, 0.2) is 27.4 Å². The highest BCUT2D eigenvalue weighted by Crippen LogP contribution is 2.27. The molecule has 0 radical (unpaired) electrons. The van der Waals surface area contributed by atoms with Gasteiger partial charge in [0.1, 0.15) is 0 Å². The second kappa shape index (κ2) is 4.26. The van der Waals surface area contributed by atoms with E-state index in [0.29, 0.717) is 5.58 Å². The normalized spacial score (nSPS) is 14.1. The van der Waals surface area contributed by atoms with E-state index in [1.54, 1.807) is 34.0 Å². The Morgan fingerprint density at radius 3 is 2.67 bits per heavy atom. The zero-order valence-corrected chi connectivity index (χ0v) is 11.0. The topological polar surface area (TPSA) is 67.4 Å². The van der Waals surface area contributed by atoms with Crippen molar-refractivity contribution in [2.75, 3.05) is 7.05 Å². The van der Waals surface area contributed by atoms with Crippen molar-refractivity contribution in [3.05, 3.63) is 34.3 Å². The smallest absolute Gasteiger partial charge is 0.408 e. The molecule has 2 rings (SSSR count). The summed E-state index contributed by atoms with van der Waals surface area (Å²) in [6.45, 7) is 3.47. The van der Waals surface area contributed by atoms with Crippen molar-refractivity contribution in [1.29, 1.82) is 0 Å². The second-order valence-electron chi connectivity index (χ2n) is 5.03. The molecule has 0 saturated carbocycles. The lowest BCUT2D eigenvalue weighted by molar-refractivity contribution is 0.0401. The van der Waals surface area contributed by atoms with Gasteiger partial charge in [-0.1, -0.05) is 6.07 Å². The van der Waals surface area contributed by atoms with Crippen molar-refractivity contribution < 1.29 is 9.52 Å². The van der Waals surface area contributed by atoms with Crippen molar-refractivity contribution in [2.45, 2.75) is 25.5 Å². The maximum atomic E-state index is 11.4. The number of aliphatic hydroxyl groups is 1. The summed E-state index contributed by atoms with van der Waals surface area (Å²) in [6, 6.07) is 5.27. The van der Waals surface area contributed by atoms with Gasteiger partial charge in [0.05, 0.1) is 17.2 Å². The number of nitrogens with one attached hydrogen (secondary N) is 1. The lowest BCUT2D eigenvalue weighted by Crippen LogP contribution is -2.37. The van der Waals surface area contributed by atoms with Crippen molar-refractivity contribution in [2.24, 2.45) is 7.05 Å². The fourth-order valence-electron chi connectivity index (χ4n) is 2.26. The highest BCUT2D eigenvalue weighted by molar-refractivity contribution is 5.73. The molecule has 0 aliphatic rings. The van der Waals surface area contributed by atoms with E-state index < -0.39 is 5.60 Å². The van der Waals surface area contributed by atoms with Crippen LogP contribution in [0.3, 0.4) is 0 Å². The molecule has 5 nitrogen and oxygen atoms in total. The number of aryl methyl sites for hydroxylation is 1. The van der Waals surface area contributed by atoms with Gasteiger partial charge in [0.25, 0.3) is 0 Å². The molecular weight excluding hydrogens is 232 g/mol. The van der Waals surface area contributed by atoms with E-state index >= 15 is 0 Å². The summed E-state index contributed by atoms with van der Waals surface area (Å²) >= 11 is 0. The van der Waals surface area contributed by atoms with E-state index in [9.17, 15) is 9.90 Å². The third-order valence-corrected chi connectivity index (χ3v) is 3.14. The molecule has 0 spiro atoms. The van der Waals surface area contributed by atoms with Crippen LogP contribution in [-0.4, -0.2) is 22.3 Å². The van der Waals surface area contributed by atoms with Crippen LogP contribution in [0.5, 0.6) is 0 Å². The molecule has 5 heteroatoms. The Morgan fingerprint density at radius 1 is 1.44 bits per heavy atom. The number of hydrogen-bond donors (Lipinski definition) is 2. The molecule has 1 heterocycles. The minimum absolute atomic E-state index is 0.229. The van der Waals surface area contributed by atoms with E-state index in [2.05, 4.69) is 5.32 Å². The number of likely N-dealkylation sites (N-methyl/N-ethyl adjacent to an activating group) is 1. The lowest BCUT2D eigenvalue weighted by Gasteiger charge is -2.29. The van der Waals surface area contributed by atoms with Crippen molar-refractivity contribution in [3.8, 4) is 0 Å². The summed E-state index contributed by atoms with van der Waals surface area (Å²) in [5.74, 6) is -0.383. The van der Waals surface area contributed by atoms with Gasteiger partial charge in [0.15, 0.2) is 5.58 Å². The number of oxazole rings is 1. The largest absolute Gasteiger partial charge is 0.419 e. The molecule has 98 valence electrons. The highest BCUT2D eigenvalue weighted by Gasteiger charge is 2.27. The number of hydrogen-bond acceptors (Lipinski definition) is 4. The minimum Gasteiger partial charge on any atom is -0.408 e. The molecule has 0 saturated heterocycles. The number of fused-ring (bicyclic) bond motifs is 1. The fraction of sp³-hybridized carbons (Fsp3) is 0.462. The average Bonchev–Trinajstić information content (AvgIpc) is 2.53. The van der Waals surface area contributed by atoms with Gasteiger partial charge in [-0.2, -0.15) is 0 Å². The first-order valence-corrected chi connectivity index (χ1v) is 5.83. The van der Waals surface area contributed by atoms with E-state index in [4.69, 9.17) is 4.42 Å². The maximum absolute atomic E-state index is 11.4. The Morgan fingerprint density at radius 2 is 2.11 bits per heavy atom. The molecule has 1 aromatic heterocycles. The molecule has 0 bridgehead atoms. The molecule has 0 fully saturated rings. The van der Waals surface area contributed by atoms with Gasteiger partial charge < -0.3 is 14.8 Å². The lowest BCUT2D eigenvalue weighted by atomic mass is 9.92. The van der Waals surface area contributed by atoms with Gasteiger partial charge in [0, 0.05) is 7.05 Å². The Labute approximate surface area is 105 Å². The summed E-state index contributed by atoms with van der Waals surface area (Å²) in [5.41, 5.74) is 1.25. The van der Waals surface area contributed by atoms with E-state index in [1.165, 1.54) is 4.57 Å². The van der Waals surface area contributed by atoms with Crippen LogP contribution < -0.4 is 11.1 Å². The standard InChI is InChI=1S/C13H18N2O3/c1-13(2,17)11(14-3)8-5-6-9-10(7-8)18-12(16)15(9)4/h5-7,11,14,17H,1-4H3. The van der Waals surface area contributed by atoms with Crippen molar-refractivity contribution >= 4 is 11.1 Å². The fourth-order valence-corrected chi connectivity index (χ4v) is 2.26. The Balaban J connectivity index is 2.56. The SMILES string of the molecule is CNC(c1ccc2c(c1)oc(=O)n2C)C(C)(C)O. The van der Waals surface area contributed by atoms with Crippen LogP contribution in [0.1, 0.15) is 25.5 Å². The zero-order valence-electron chi connectivity index (χ0n) is 11.0. The van der Waals surface area contributed by atoms with Gasteiger partial charge >= 0.3 is 5.76 Å². The first kappa shape index (κ1) is 12.9. The molecule has 0 amide bonds. The van der Waals surface area contributed by atoms with Crippen LogP contribution in [0.4, 0.5) is 0 Å². The van der Waals surface area contributed by atoms with Crippen LogP contribution >= 0.6 is 0 Å². The molecule has 0 aliphatic heterocycles. The minimum atomic E-state index is -0.905. The van der Waals surface area contributed by atoms with Gasteiger partial charge in [-0.25, -0.2) is 4.79 Å². The first-order chi connectivity index (χ1) is 8.34. The maximum Gasteiger partial charge on any atom is 0.419 e. The Hall–Kier alpha value is -1.59. The summed E-state index contributed by atoms with van der Waals surface area (Å²) < 4.78 is 6.60. The zero-order chi connectivity index (χ0) is 13.5. The molecule has 18 heavy (non-hydrogen) atoms. The predicted molar refractivity (Wildman–Crippen MR) is 69.6 cm³/mol. The number of nitrogens with zero attached hydrogens (tertiary/aromatic N) is 1. The molecular formula is C13H18N2O3. The monoisotopic (exact) mass is 250 g/mol. The molecule has 1 aromatic carbocycles. The van der Waals surface area contributed by atoms with Gasteiger partial charge in [-0.05, 0) is 38.6 Å². The van der Waals surface area contributed by atoms with Crippen molar-refractivity contribution in [3.63, 3.8) is 0 Å². The summed E-state index contributed by atoms with van der Waals surface area (Å²) in [4.78, 5) is 11.4. The second-order valence-corrected chi connectivity index (χ2v) is 5.03. The summed E-state index contributed by atoms with van der Waals surface area (Å²) in [5, 5.41) is 13.2. The highest BCUT2D eigenvalue weighted by atomic mass is 16.4. The third kappa shape index (κ3) is 2.07. The number of benzene rings is 1. The average molecular weight is 250 g/mol. The third-order valence-electron chi connectivity index (χ3n) is 3.14. The number of rotatable bonds is 3. The molecule has 2 aromatic rings. The van der Waals surface area contributed by atoms with Gasteiger partial charge in [0.2, 0.25) is 0 Å². The van der Waals surface area contributed by atoms with Crippen LogP contribution in [-0.2, 0) is 7.05 Å². The molecule has 1 atom stereocenters. The molecule has 2 N–H and O–H groups in total. The van der Waals surface area contributed by atoms with E-state index in [-0.39, 0.29) is 11.8 Å². The van der Waals surface area contributed by atoms with Crippen LogP contribution in [0, 0.1) is 0 Å². The van der Waals surface area contributed by atoms with Crippen LogP contribution in [0.2, 0.25) is 0 Å². The molecule has 0 aliphatic carbocycles. The predicted octanol–water partition coefficient (Wildman–Crippen LogP) is 1.16. The van der Waals surface area contributed by atoms with Crippen molar-refractivity contribution in [1.82, 2.24) is 9.88 Å². The first-order valence-electron chi connectivity index (χ1n) is 5.83. The number of aromatic nitrogens is 1. The van der Waals surface area contributed by atoms with Crippen LogP contribution in [0.25, 0.3) is 11.1 Å². The summed E-state index contributed by atoms with van der Waals surface area (Å²) in [7, 11) is 3.45. The summed E-state index contributed by atoms with van der Waals surface area (Å²) in [6.07, 6.45) is 0. The Kier molecular flexibility index (Phi) is 3.04. The van der Waals surface area contributed by atoms with Gasteiger partial charge in [-0.3, -0.25) is 4.57 Å². The quantitative estimate of drug-likeness (QED) is 0.858. The Bertz CT molecular complexity index is 619. The van der Waals surface area contributed by atoms with E-state index in [1.807, 2.05) is 12.1 Å². The van der Waals surface area contributed by atoms with Gasteiger partial charge in [-0.15, -0.1) is 0 Å².